The van der Waals surface area contributed by atoms with Gasteiger partial charge in [0, 0.05) is 20.1 Å². The summed E-state index contributed by atoms with van der Waals surface area (Å²) >= 11 is 5.97. The number of carbonyl (C=O) groups excluding carboxylic acids is 1. The van der Waals surface area contributed by atoms with E-state index in [9.17, 15) is 9.59 Å². The van der Waals surface area contributed by atoms with Crippen LogP contribution in [0.25, 0.3) is 0 Å². The first kappa shape index (κ1) is 12.9. The van der Waals surface area contributed by atoms with Crippen molar-refractivity contribution >= 4 is 23.3 Å². The van der Waals surface area contributed by atoms with Gasteiger partial charge >= 0.3 is 0 Å². The van der Waals surface area contributed by atoms with Gasteiger partial charge in [0.25, 0.3) is 5.56 Å². The molecule has 1 saturated heterocycles. The van der Waals surface area contributed by atoms with Gasteiger partial charge in [-0.3, -0.25) is 9.59 Å². The van der Waals surface area contributed by atoms with Gasteiger partial charge in [0.1, 0.15) is 10.6 Å². The van der Waals surface area contributed by atoms with E-state index >= 15 is 0 Å². The van der Waals surface area contributed by atoms with Crippen molar-refractivity contribution in [2.75, 3.05) is 25.0 Å². The second-order valence-electron chi connectivity index (χ2n) is 4.81. The van der Waals surface area contributed by atoms with E-state index in [1.807, 2.05) is 0 Å². The van der Waals surface area contributed by atoms with Gasteiger partial charge in [0.05, 0.1) is 6.33 Å². The summed E-state index contributed by atoms with van der Waals surface area (Å²) in [4.78, 5) is 33.6. The lowest BCUT2D eigenvalue weighted by Crippen LogP contribution is -2.62. The molecule has 0 radical (unpaired) electrons. The number of anilines is 1. The molecule has 0 atom stereocenters. The van der Waals surface area contributed by atoms with Crippen LogP contribution < -0.4 is 10.5 Å². The van der Waals surface area contributed by atoms with Crippen molar-refractivity contribution in [3.05, 3.63) is 21.7 Å². The van der Waals surface area contributed by atoms with Crippen molar-refractivity contribution in [2.24, 2.45) is 0 Å². The number of hydrogen-bond donors (Lipinski definition) is 1. The second kappa shape index (κ2) is 4.28. The fraction of sp³-hybridized carbons (Fsp3) is 0.545. The molecule has 98 valence electrons. The monoisotopic (exact) mass is 270 g/mol. The summed E-state index contributed by atoms with van der Waals surface area (Å²) in [7, 11) is 1.76. The Morgan fingerprint density at radius 2 is 2.06 bits per heavy atom. The highest BCUT2D eigenvalue weighted by molar-refractivity contribution is 6.32. The van der Waals surface area contributed by atoms with Crippen LogP contribution in [0.5, 0.6) is 0 Å². The van der Waals surface area contributed by atoms with E-state index in [-0.39, 0.29) is 10.9 Å². The highest BCUT2D eigenvalue weighted by atomic mass is 35.5. The number of aromatic nitrogens is 2. The van der Waals surface area contributed by atoms with Gasteiger partial charge in [-0.25, -0.2) is 4.98 Å². The summed E-state index contributed by atoms with van der Waals surface area (Å²) < 4.78 is 0. The van der Waals surface area contributed by atoms with E-state index in [1.165, 1.54) is 6.33 Å². The number of nitrogens with zero attached hydrogens (tertiary/aromatic N) is 3. The number of rotatable bonds is 1. The topological polar surface area (TPSA) is 69.3 Å². The summed E-state index contributed by atoms with van der Waals surface area (Å²) in [6.45, 7) is 4.76. The van der Waals surface area contributed by atoms with Gasteiger partial charge in [-0.1, -0.05) is 11.6 Å². The van der Waals surface area contributed by atoms with Crippen molar-refractivity contribution < 1.29 is 4.79 Å². The van der Waals surface area contributed by atoms with E-state index in [1.54, 1.807) is 30.7 Å². The quantitative estimate of drug-likeness (QED) is 0.806. The van der Waals surface area contributed by atoms with Crippen molar-refractivity contribution in [3.8, 4) is 0 Å². The van der Waals surface area contributed by atoms with E-state index in [0.717, 1.165) is 0 Å². The Morgan fingerprint density at radius 3 is 2.72 bits per heavy atom. The van der Waals surface area contributed by atoms with Gasteiger partial charge in [-0.2, -0.15) is 0 Å². The number of piperazine rings is 1. The molecule has 6 nitrogen and oxygen atoms in total. The van der Waals surface area contributed by atoms with E-state index in [0.29, 0.717) is 18.9 Å². The van der Waals surface area contributed by atoms with Crippen molar-refractivity contribution in [1.29, 1.82) is 0 Å². The molecule has 1 amide bonds. The first-order valence-electron chi connectivity index (χ1n) is 5.62. The minimum Gasteiger partial charge on any atom is -0.342 e. The molecule has 7 heteroatoms. The molecular formula is C11H15ClN4O2. The molecule has 0 bridgehead atoms. The van der Waals surface area contributed by atoms with Crippen LogP contribution in [-0.4, -0.2) is 46.5 Å². The van der Waals surface area contributed by atoms with Crippen LogP contribution >= 0.6 is 11.6 Å². The van der Waals surface area contributed by atoms with E-state index < -0.39 is 11.1 Å². The van der Waals surface area contributed by atoms with Crippen LogP contribution in [0.1, 0.15) is 13.8 Å². The zero-order valence-corrected chi connectivity index (χ0v) is 11.3. The molecule has 2 heterocycles. The van der Waals surface area contributed by atoms with Crippen LogP contribution in [0.15, 0.2) is 11.1 Å². The maximum absolute atomic E-state index is 12.2. The van der Waals surface area contributed by atoms with Gasteiger partial charge in [0.15, 0.2) is 5.82 Å². The van der Waals surface area contributed by atoms with Crippen LogP contribution in [0.4, 0.5) is 5.82 Å². The molecule has 2 rings (SSSR count). The summed E-state index contributed by atoms with van der Waals surface area (Å²) in [5.41, 5.74) is -1.17. The Bertz CT molecular complexity index is 540. The smallest absolute Gasteiger partial charge is 0.271 e. The van der Waals surface area contributed by atoms with Gasteiger partial charge in [-0.15, -0.1) is 0 Å². The molecule has 1 aromatic heterocycles. The molecule has 0 spiro atoms. The lowest BCUT2D eigenvalue weighted by atomic mass is 9.98. The number of likely N-dealkylation sites (N-methyl/N-ethyl adjacent to an activating group) is 1. The lowest BCUT2D eigenvalue weighted by Gasteiger charge is -2.45. The maximum atomic E-state index is 12.2. The Balaban J connectivity index is 2.48. The van der Waals surface area contributed by atoms with E-state index in [2.05, 4.69) is 9.97 Å². The normalized spacial score (nSPS) is 19.2. The van der Waals surface area contributed by atoms with Crippen molar-refractivity contribution in [3.63, 3.8) is 0 Å². The largest absolute Gasteiger partial charge is 0.342 e. The van der Waals surface area contributed by atoms with Crippen LogP contribution in [0, 0.1) is 0 Å². The minimum absolute atomic E-state index is 0.0166. The Kier molecular flexibility index (Phi) is 3.06. The summed E-state index contributed by atoms with van der Waals surface area (Å²) in [6.07, 6.45) is 1.29. The van der Waals surface area contributed by atoms with Crippen molar-refractivity contribution in [1.82, 2.24) is 14.9 Å². The highest BCUT2D eigenvalue weighted by Crippen LogP contribution is 2.29. The summed E-state index contributed by atoms with van der Waals surface area (Å²) in [5.74, 6) is 0.332. The summed E-state index contributed by atoms with van der Waals surface area (Å²) in [6, 6.07) is 0. The molecule has 0 saturated carbocycles. The number of carbonyl (C=O) groups is 1. The molecule has 1 aliphatic rings. The average molecular weight is 271 g/mol. The first-order valence-corrected chi connectivity index (χ1v) is 6.00. The number of nitrogens with one attached hydrogen (secondary N) is 1. The predicted octanol–water partition coefficient (Wildman–Crippen LogP) is 0.480. The van der Waals surface area contributed by atoms with Gasteiger partial charge < -0.3 is 14.8 Å². The number of hydrogen-bond acceptors (Lipinski definition) is 4. The van der Waals surface area contributed by atoms with Gasteiger partial charge in [0.2, 0.25) is 5.91 Å². The molecular weight excluding hydrogens is 256 g/mol. The number of H-pyrrole nitrogens is 1. The van der Waals surface area contributed by atoms with Crippen LogP contribution in [0.3, 0.4) is 0 Å². The number of halogens is 1. The zero-order chi connectivity index (χ0) is 13.5. The lowest BCUT2D eigenvalue weighted by molar-refractivity contribution is -0.136. The molecule has 1 fully saturated rings. The molecule has 1 aromatic rings. The number of amides is 1. The predicted molar refractivity (Wildman–Crippen MR) is 68.9 cm³/mol. The standard InChI is InChI=1S/C11H15ClN4O2/c1-11(2)10(18)15(3)4-5-16(11)8-7(12)9(17)14-6-13-8/h6H,4-5H2,1-3H3,(H,13,14,17). The average Bonchev–Trinajstić information content (AvgIpc) is 2.31. The van der Waals surface area contributed by atoms with Crippen LogP contribution in [0.2, 0.25) is 5.02 Å². The third-order valence-corrected chi connectivity index (χ3v) is 3.58. The Labute approximate surface area is 110 Å². The fourth-order valence-electron chi connectivity index (χ4n) is 2.15. The maximum Gasteiger partial charge on any atom is 0.271 e. The molecule has 0 aliphatic carbocycles. The molecule has 1 N–H and O–H groups in total. The first-order chi connectivity index (χ1) is 8.35. The van der Waals surface area contributed by atoms with Gasteiger partial charge in [-0.05, 0) is 13.8 Å². The molecule has 18 heavy (non-hydrogen) atoms. The molecule has 1 aliphatic heterocycles. The van der Waals surface area contributed by atoms with Crippen molar-refractivity contribution in [2.45, 2.75) is 19.4 Å². The molecule has 0 unspecified atom stereocenters. The third-order valence-electron chi connectivity index (χ3n) is 3.24. The van der Waals surface area contributed by atoms with E-state index in [4.69, 9.17) is 11.6 Å². The zero-order valence-electron chi connectivity index (χ0n) is 10.5. The Morgan fingerprint density at radius 1 is 1.39 bits per heavy atom. The number of aromatic amines is 1. The molecule has 0 aromatic carbocycles. The SMILES string of the molecule is CN1CCN(c2nc[nH]c(=O)c2Cl)C(C)(C)C1=O. The Hall–Kier alpha value is -1.56. The van der Waals surface area contributed by atoms with Crippen LogP contribution in [-0.2, 0) is 4.79 Å². The highest BCUT2D eigenvalue weighted by Gasteiger charge is 2.42. The summed E-state index contributed by atoms with van der Waals surface area (Å²) in [5, 5.41) is 0.0166. The second-order valence-corrected chi connectivity index (χ2v) is 5.18. The minimum atomic E-state index is -0.766. The fourth-order valence-corrected chi connectivity index (χ4v) is 2.35. The third kappa shape index (κ3) is 1.86.